The van der Waals surface area contributed by atoms with Crippen molar-refractivity contribution in [2.45, 2.75) is 74.8 Å². The van der Waals surface area contributed by atoms with Gasteiger partial charge in [-0.1, -0.05) is 23.8 Å². The minimum absolute atomic E-state index is 0.00228. The highest BCUT2D eigenvalue weighted by molar-refractivity contribution is 5.95. The van der Waals surface area contributed by atoms with Gasteiger partial charge < -0.3 is 64.6 Å². The highest BCUT2D eigenvalue weighted by Crippen LogP contribution is 2.41. The maximum atomic E-state index is 13.6. The molecule has 0 bridgehead atoms. The molecule has 0 saturated carbocycles. The number of unbranched alkanes of at least 4 members (excludes halogenated alkanes) is 1. The predicted molar refractivity (Wildman–Crippen MR) is 232 cm³/mol. The number of fused-ring (bicyclic) bond motifs is 2. The fourth-order valence-corrected chi connectivity index (χ4v) is 8.23. The van der Waals surface area contributed by atoms with E-state index in [0.29, 0.717) is 35.4 Å². The van der Waals surface area contributed by atoms with Crippen LogP contribution in [0.1, 0.15) is 36.0 Å². The van der Waals surface area contributed by atoms with Crippen LogP contribution in [0.3, 0.4) is 0 Å². The summed E-state index contributed by atoms with van der Waals surface area (Å²) in [6, 6.07) is 15.8. The molecule has 3 aliphatic heterocycles. The van der Waals surface area contributed by atoms with E-state index in [2.05, 4.69) is 10.3 Å². The summed E-state index contributed by atoms with van der Waals surface area (Å²) in [5, 5.41) is 99.2. The number of nitrogens with one attached hydrogen (secondary N) is 1. The molecule has 0 aliphatic carbocycles. The lowest BCUT2D eigenvalue weighted by molar-refractivity contribution is -0.372. The molecule has 20 nitrogen and oxygen atoms in total. The summed E-state index contributed by atoms with van der Waals surface area (Å²) in [5.41, 5.74) is 1.97. The van der Waals surface area contributed by atoms with Crippen LogP contribution in [0.5, 0.6) is 11.5 Å². The van der Waals surface area contributed by atoms with E-state index in [0.717, 1.165) is 30.2 Å². The maximum absolute atomic E-state index is 13.6. The van der Waals surface area contributed by atoms with E-state index in [-0.39, 0.29) is 41.2 Å². The SMILES string of the molecule is CN[C@](O)(CCO)[C@@H](C(=O)O)C(=O)O[C@](O)(CO)[C@@H]1O[C@H](Oc2ccc3c(=O)c(-c4ccc(O)cc4)coc3c2)[C@@H](ON2CC3=CC=NC3=C2c2cc(C)cc(CCCCO)c2)[C@H](O)[C@H]1O. The Morgan fingerprint density at radius 2 is 1.74 bits per heavy atom. The number of carbonyl (C=O) groups is 2. The third-order valence-electron chi connectivity index (χ3n) is 11.7. The minimum atomic E-state index is -3.34. The first-order chi connectivity index (χ1) is 31.5. The predicted octanol–water partition coefficient (Wildman–Crippen LogP) is 0.825. The van der Waals surface area contributed by atoms with Gasteiger partial charge in [-0.2, -0.15) is 0 Å². The minimum Gasteiger partial charge on any atom is -0.508 e. The van der Waals surface area contributed by atoms with Crippen molar-refractivity contribution in [3.8, 4) is 22.6 Å². The normalized spacial score (nSPS) is 22.7. The first-order valence-electron chi connectivity index (χ1n) is 21.0. The standard InChI is InChI=1S/C46H51N3O17/c1-24-17-25(5-3-4-15-50)19-28(18-24)36-35-27(12-14-48-35)21-49(36)66-40-38(55)39(56)41(46(61,23-52)65-43(59)34(42(57)58)45(60,47-2)13-16-51)64-44(40)63-30-10-11-31-33(20-30)62-22-32(37(31)54)26-6-8-29(53)9-7-26/h6-12,14,17-20,22,34,38-41,44,47,50-53,55-56,60-61H,3-5,13,15-16,21,23H2,1-2H3,(H,57,58)/t34-,38+,39+,40-,41+,44-,45-,46+/m0/s1. The number of phenolic OH excluding ortho intramolecular Hbond substituents is 1. The number of rotatable bonds is 19. The number of esters is 1. The molecule has 1 fully saturated rings. The number of aromatic hydroxyl groups is 1. The first kappa shape index (κ1) is 47.9. The molecule has 4 aromatic rings. The average molecular weight is 918 g/mol. The van der Waals surface area contributed by atoms with Crippen LogP contribution in [-0.2, 0) is 30.3 Å². The molecule has 1 saturated heterocycles. The average Bonchev–Trinajstić information content (AvgIpc) is 3.88. The topological polar surface area (TPSA) is 311 Å². The lowest BCUT2D eigenvalue weighted by atomic mass is 9.91. The zero-order valence-electron chi connectivity index (χ0n) is 35.8. The van der Waals surface area contributed by atoms with E-state index >= 15 is 0 Å². The monoisotopic (exact) mass is 917 g/mol. The Morgan fingerprint density at radius 1 is 0.985 bits per heavy atom. The third-order valence-corrected chi connectivity index (χ3v) is 11.7. The van der Waals surface area contributed by atoms with Gasteiger partial charge in [-0.15, -0.1) is 0 Å². The van der Waals surface area contributed by atoms with Gasteiger partial charge in [0.05, 0.1) is 28.9 Å². The van der Waals surface area contributed by atoms with Crippen LogP contribution in [-0.4, -0.2) is 145 Å². The van der Waals surface area contributed by atoms with Crippen molar-refractivity contribution < 1.29 is 79.0 Å². The van der Waals surface area contributed by atoms with Crippen molar-refractivity contribution in [2.24, 2.45) is 10.9 Å². The molecule has 3 aliphatic rings. The van der Waals surface area contributed by atoms with E-state index in [4.69, 9.17) is 23.5 Å². The maximum Gasteiger partial charge on any atom is 0.327 e. The van der Waals surface area contributed by atoms with Gasteiger partial charge in [0.25, 0.3) is 5.79 Å². The summed E-state index contributed by atoms with van der Waals surface area (Å²) in [6.45, 7) is -0.306. The Balaban J connectivity index is 1.25. The number of hydrogen-bond acceptors (Lipinski definition) is 19. The number of ether oxygens (including phenoxy) is 3. The van der Waals surface area contributed by atoms with E-state index in [1.807, 2.05) is 25.1 Å². The highest BCUT2D eigenvalue weighted by atomic mass is 16.8. The van der Waals surface area contributed by atoms with Crippen LogP contribution in [0.2, 0.25) is 0 Å². The molecule has 1 aromatic heterocycles. The summed E-state index contributed by atoms with van der Waals surface area (Å²) in [4.78, 5) is 50.5. The van der Waals surface area contributed by atoms with Gasteiger partial charge in [0, 0.05) is 43.1 Å². The summed E-state index contributed by atoms with van der Waals surface area (Å²) in [7, 11) is 1.10. The van der Waals surface area contributed by atoms with Crippen LogP contribution < -0.4 is 15.5 Å². The third kappa shape index (κ3) is 9.60. The lowest BCUT2D eigenvalue weighted by Crippen LogP contribution is -2.69. The summed E-state index contributed by atoms with van der Waals surface area (Å²) >= 11 is 0. The number of aliphatic hydroxyl groups is 7. The van der Waals surface area contributed by atoms with Crippen LogP contribution in [0.4, 0.5) is 0 Å². The quantitative estimate of drug-likeness (QED) is 0.0270. The van der Waals surface area contributed by atoms with Gasteiger partial charge in [0.1, 0.15) is 47.9 Å². The first-order valence-corrected chi connectivity index (χ1v) is 21.0. The van der Waals surface area contributed by atoms with Crippen molar-refractivity contribution in [3.05, 3.63) is 111 Å². The van der Waals surface area contributed by atoms with Gasteiger partial charge in [0.2, 0.25) is 6.29 Å². The van der Waals surface area contributed by atoms with Crippen LogP contribution in [0.25, 0.3) is 27.8 Å². The zero-order chi connectivity index (χ0) is 47.5. The number of hydroxylamine groups is 2. The van der Waals surface area contributed by atoms with Gasteiger partial charge in [0.15, 0.2) is 23.6 Å². The van der Waals surface area contributed by atoms with Gasteiger partial charge in [-0.05, 0) is 86.8 Å². The highest BCUT2D eigenvalue weighted by Gasteiger charge is 2.59. The molecule has 352 valence electrons. The number of benzene rings is 3. The van der Waals surface area contributed by atoms with Crippen molar-refractivity contribution in [2.75, 3.05) is 33.4 Å². The van der Waals surface area contributed by atoms with E-state index in [1.54, 1.807) is 24.4 Å². The Bertz CT molecular complexity index is 2600. The molecule has 0 amide bonds. The Labute approximate surface area is 376 Å². The number of carboxylic acids is 1. The zero-order valence-corrected chi connectivity index (χ0v) is 35.8. The van der Waals surface area contributed by atoms with Crippen LogP contribution >= 0.6 is 0 Å². The molecule has 0 spiro atoms. The van der Waals surface area contributed by atoms with E-state index < -0.39 is 85.1 Å². The summed E-state index contributed by atoms with van der Waals surface area (Å²) in [5.74, 6) is -9.70. The van der Waals surface area contributed by atoms with Gasteiger partial charge in [-0.3, -0.25) is 29.5 Å². The molecule has 20 heteroatoms. The number of aliphatic hydroxyl groups excluding tert-OH is 5. The molecule has 0 unspecified atom stereocenters. The summed E-state index contributed by atoms with van der Waals surface area (Å²) in [6.07, 6.45) is -4.39. The molecular formula is C46H51N3O17. The van der Waals surface area contributed by atoms with Crippen molar-refractivity contribution in [3.63, 3.8) is 0 Å². The number of aliphatic imine (C=N–C) groups is 1. The second-order valence-corrected chi connectivity index (χ2v) is 16.2. The molecule has 7 rings (SSSR count). The number of phenols is 1. The smallest absolute Gasteiger partial charge is 0.327 e. The molecule has 3 aromatic carbocycles. The fourth-order valence-electron chi connectivity index (χ4n) is 8.23. The molecule has 0 radical (unpaired) electrons. The second kappa shape index (κ2) is 19.8. The Morgan fingerprint density at radius 3 is 2.42 bits per heavy atom. The van der Waals surface area contributed by atoms with Crippen LogP contribution in [0, 0.1) is 12.8 Å². The van der Waals surface area contributed by atoms with E-state index in [9.17, 15) is 60.3 Å². The Kier molecular flexibility index (Phi) is 14.4. The number of aliphatic carboxylic acids is 1. The number of carbonyl (C=O) groups excluding carboxylic acids is 1. The number of aryl methyl sites for hydroxylation is 2. The largest absolute Gasteiger partial charge is 0.508 e. The number of nitrogens with zero attached hydrogens (tertiary/aromatic N) is 2. The second-order valence-electron chi connectivity index (χ2n) is 16.2. The Hall–Kier alpha value is -6.04. The molecule has 10 N–H and O–H groups in total. The summed E-state index contributed by atoms with van der Waals surface area (Å²) < 4.78 is 23.3. The number of carboxylic acid groups (broad SMARTS) is 1. The van der Waals surface area contributed by atoms with Crippen molar-refractivity contribution in [1.82, 2.24) is 10.4 Å². The van der Waals surface area contributed by atoms with Crippen LogP contribution in [0.15, 0.2) is 98.5 Å². The molecule has 66 heavy (non-hydrogen) atoms. The lowest BCUT2D eigenvalue weighted by Gasteiger charge is -2.47. The molecule has 8 atom stereocenters. The van der Waals surface area contributed by atoms with Gasteiger partial charge in [-0.25, -0.2) is 5.06 Å². The fraction of sp³-hybridized carbons (Fsp3) is 0.391. The molecular weight excluding hydrogens is 867 g/mol. The number of hydrogen-bond donors (Lipinski definition) is 10. The van der Waals surface area contributed by atoms with E-state index in [1.165, 1.54) is 41.7 Å². The van der Waals surface area contributed by atoms with Gasteiger partial charge >= 0.3 is 11.9 Å². The van der Waals surface area contributed by atoms with Crippen molar-refractivity contribution >= 4 is 34.8 Å². The van der Waals surface area contributed by atoms with Crippen molar-refractivity contribution in [1.29, 1.82) is 0 Å². The molecule has 4 heterocycles. The number of allylic oxidation sites excluding steroid dienone is 1.